The molecule has 3 saturated heterocycles. The molecule has 1 amide bonds. The second-order valence-electron chi connectivity index (χ2n) is 17.8. The standard InChI is InChI=1S/C44H63N5O11/c1-11-34-44(8,54)39-26(4)35-24(2)19-43(7,38(27(5)36(50)28(6)41(53)58-34)59-42-37(51)32(48(9)10)17-25(3)57-42)56-22-30(21-55-39)47-60-33(40(52)46-35)18-29-20-49(23-45-29)31-15-13-12-14-16-31/h12-16,20,23-28,32-34,37-39,42,51,54H,11,17-19,21-22H2,1-10H3/b46-35?,47-30-/t24-,25-,26+,27+,28-,32+,33?,34-,37-,38-,39-,42+,43-,44-/m1/s1. The first-order valence-electron chi connectivity index (χ1n) is 21.1. The third kappa shape index (κ3) is 9.59. The van der Waals surface area contributed by atoms with Crippen molar-refractivity contribution in [1.82, 2.24) is 14.5 Å². The fraction of sp³-hybridized carbons (Fsp3) is 0.682. The molecule has 3 fully saturated rings. The minimum absolute atomic E-state index is 0.0488. The Morgan fingerprint density at radius 1 is 1.02 bits per heavy atom. The minimum atomic E-state index is -1.84. The highest BCUT2D eigenvalue weighted by Crippen LogP contribution is 2.40. The molecule has 60 heavy (non-hydrogen) atoms. The quantitative estimate of drug-likeness (QED) is 0.303. The Morgan fingerprint density at radius 3 is 2.42 bits per heavy atom. The number of fused-ring (bicyclic) bond motifs is 4. The smallest absolute Gasteiger partial charge is 0.316 e. The van der Waals surface area contributed by atoms with E-state index in [1.165, 1.54) is 13.8 Å². The van der Waals surface area contributed by atoms with Crippen molar-refractivity contribution < 1.29 is 53.1 Å². The van der Waals surface area contributed by atoms with Gasteiger partial charge >= 0.3 is 5.97 Å². The summed E-state index contributed by atoms with van der Waals surface area (Å²) in [6.07, 6.45) is -2.67. The minimum Gasteiger partial charge on any atom is -0.459 e. The van der Waals surface area contributed by atoms with Crippen LogP contribution in [-0.2, 0) is 49.3 Å². The van der Waals surface area contributed by atoms with Crippen molar-refractivity contribution in [2.24, 2.45) is 33.8 Å². The number of amides is 1. The summed E-state index contributed by atoms with van der Waals surface area (Å²) in [7, 11) is 3.74. The summed E-state index contributed by atoms with van der Waals surface area (Å²) < 4.78 is 34.3. The Morgan fingerprint density at radius 2 is 1.73 bits per heavy atom. The molecule has 1 unspecified atom stereocenters. The molecule has 2 N–H and O–H groups in total. The number of benzene rings is 1. The fourth-order valence-corrected chi connectivity index (χ4v) is 9.33. The number of imidazole rings is 1. The van der Waals surface area contributed by atoms with Crippen molar-refractivity contribution in [1.29, 1.82) is 0 Å². The van der Waals surface area contributed by atoms with E-state index in [-0.39, 0.29) is 50.3 Å². The van der Waals surface area contributed by atoms with E-state index in [1.54, 1.807) is 27.1 Å². The van der Waals surface area contributed by atoms with Crippen molar-refractivity contribution in [3.63, 3.8) is 0 Å². The van der Waals surface area contributed by atoms with Crippen LogP contribution in [0.15, 0.2) is 53.0 Å². The van der Waals surface area contributed by atoms with E-state index in [9.17, 15) is 24.6 Å². The number of cyclic esters (lactones) is 1. The van der Waals surface area contributed by atoms with Crippen LogP contribution >= 0.6 is 0 Å². The topological polar surface area (TPSA) is 193 Å². The zero-order chi connectivity index (χ0) is 43.7. The van der Waals surface area contributed by atoms with Crippen LogP contribution in [0.25, 0.3) is 5.69 Å². The number of rotatable bonds is 7. The van der Waals surface area contributed by atoms with Gasteiger partial charge in [-0.05, 0) is 79.1 Å². The molecule has 14 atom stereocenters. The fourth-order valence-electron chi connectivity index (χ4n) is 9.33. The van der Waals surface area contributed by atoms with Crippen LogP contribution in [0.1, 0.15) is 80.3 Å². The van der Waals surface area contributed by atoms with E-state index in [4.69, 9.17) is 33.5 Å². The van der Waals surface area contributed by atoms with Crippen LogP contribution < -0.4 is 0 Å². The van der Waals surface area contributed by atoms with E-state index >= 15 is 0 Å². The van der Waals surface area contributed by atoms with Gasteiger partial charge in [-0.15, -0.1) is 0 Å². The van der Waals surface area contributed by atoms with Gasteiger partial charge in [0.1, 0.15) is 29.4 Å². The predicted octanol–water partition coefficient (Wildman–Crippen LogP) is 3.71. The molecule has 16 nitrogen and oxygen atoms in total. The number of aliphatic hydroxyl groups excluding tert-OH is 1. The average molecular weight is 838 g/mol. The molecule has 0 saturated carbocycles. The molecular formula is C44H63N5O11. The number of carbonyl (C=O) groups excluding carboxylic acids is 3. The first-order chi connectivity index (χ1) is 28.3. The summed E-state index contributed by atoms with van der Waals surface area (Å²) in [5.41, 5.74) is -1.14. The van der Waals surface area contributed by atoms with Gasteiger partial charge in [0, 0.05) is 41.9 Å². The van der Waals surface area contributed by atoms with Crippen LogP contribution in [0.3, 0.4) is 0 Å². The second-order valence-corrected chi connectivity index (χ2v) is 17.8. The molecule has 2 aromatic rings. The Kier molecular flexibility index (Phi) is 14.1. The third-order valence-corrected chi connectivity index (χ3v) is 12.7. The number of hydrogen-bond acceptors (Lipinski definition) is 14. The van der Waals surface area contributed by atoms with Crippen molar-refractivity contribution >= 4 is 29.1 Å². The number of aliphatic imine (C=N–C) groups is 1. The van der Waals surface area contributed by atoms with E-state index in [2.05, 4.69) is 10.1 Å². The highest BCUT2D eigenvalue weighted by molar-refractivity contribution is 6.01. The Balaban J connectivity index is 1.48. The molecule has 0 aliphatic carbocycles. The largest absolute Gasteiger partial charge is 0.459 e. The van der Waals surface area contributed by atoms with Crippen LogP contribution in [0.4, 0.5) is 0 Å². The van der Waals surface area contributed by atoms with Crippen molar-refractivity contribution in [2.45, 2.75) is 141 Å². The van der Waals surface area contributed by atoms with Gasteiger partial charge in [-0.25, -0.2) is 9.98 Å². The number of oxime groups is 1. The van der Waals surface area contributed by atoms with Gasteiger partial charge in [-0.2, -0.15) is 0 Å². The number of nitrogens with zero attached hydrogens (tertiary/aromatic N) is 5. The molecule has 4 aliphatic heterocycles. The van der Waals surface area contributed by atoms with Crippen molar-refractivity contribution in [3.05, 3.63) is 48.5 Å². The van der Waals surface area contributed by atoms with Crippen LogP contribution in [-0.4, -0.2) is 141 Å². The number of aromatic nitrogens is 2. The maximum absolute atomic E-state index is 14.5. The van der Waals surface area contributed by atoms with E-state index in [1.807, 2.05) is 80.9 Å². The molecule has 0 spiro atoms. The number of carbonyl (C=O) groups is 3. The van der Waals surface area contributed by atoms with Crippen LogP contribution in [0.2, 0.25) is 0 Å². The Labute approximate surface area is 352 Å². The molecule has 1 aromatic carbocycles. The number of aliphatic hydroxyl groups is 2. The molecule has 1 aromatic heterocycles. The lowest BCUT2D eigenvalue weighted by atomic mass is 9.73. The first kappa shape index (κ1) is 45.6. The molecule has 4 bridgehead atoms. The van der Waals surface area contributed by atoms with E-state index in [0.717, 1.165) is 5.69 Å². The number of ether oxygens (including phenoxy) is 5. The second kappa shape index (κ2) is 18.6. The molecule has 5 heterocycles. The first-order valence-corrected chi connectivity index (χ1v) is 21.1. The van der Waals surface area contributed by atoms with Gasteiger partial charge in [0.2, 0.25) is 6.10 Å². The normalized spacial score (nSPS) is 39.5. The zero-order valence-electron chi connectivity index (χ0n) is 36.5. The lowest BCUT2D eigenvalue weighted by Gasteiger charge is -2.47. The summed E-state index contributed by atoms with van der Waals surface area (Å²) >= 11 is 0. The van der Waals surface area contributed by atoms with Gasteiger partial charge in [-0.1, -0.05) is 51.0 Å². The van der Waals surface area contributed by atoms with Gasteiger partial charge in [0.05, 0.1) is 49.1 Å². The van der Waals surface area contributed by atoms with Crippen LogP contribution in [0.5, 0.6) is 0 Å². The van der Waals surface area contributed by atoms with E-state index in [0.29, 0.717) is 17.8 Å². The summed E-state index contributed by atoms with van der Waals surface area (Å²) in [5, 5.41) is 28.5. The Hall–Kier alpha value is -3.90. The van der Waals surface area contributed by atoms with Gasteiger partial charge in [0.15, 0.2) is 12.1 Å². The summed E-state index contributed by atoms with van der Waals surface area (Å²) in [4.78, 5) is 60.1. The molecule has 6 rings (SSSR count). The van der Waals surface area contributed by atoms with Crippen LogP contribution in [0, 0.1) is 23.7 Å². The SMILES string of the molecule is CC[C@H]1OC(=O)[C@H](C)C(=O)[C@H](C)[C@@H](O[C@@H]2O[C@H](C)C[C@H](N(C)C)[C@H]2O)[C@@]2(C)C[C@@H](C)C3=NC(=O)C(Cc4cn(-c5ccccc5)cn4)O/N=C(/CO[C@H]([C@H]3C)[C@]1(C)O)CO2. The third-order valence-electron chi connectivity index (χ3n) is 12.7. The number of para-hydroxylation sites is 1. The Bertz CT molecular complexity index is 1900. The molecule has 0 radical (unpaired) electrons. The van der Waals surface area contributed by atoms with Gasteiger partial charge < -0.3 is 48.2 Å². The van der Waals surface area contributed by atoms with Gasteiger partial charge in [0.25, 0.3) is 5.91 Å². The molecular weight excluding hydrogens is 775 g/mol. The number of ketones is 1. The zero-order valence-corrected chi connectivity index (χ0v) is 36.5. The van der Waals surface area contributed by atoms with Gasteiger partial charge in [-0.3, -0.25) is 14.4 Å². The van der Waals surface area contributed by atoms with E-state index < -0.39 is 89.3 Å². The highest BCUT2D eigenvalue weighted by atomic mass is 16.7. The number of likely N-dealkylation sites (N-methyl/N-ethyl adjacent to an activating group) is 1. The maximum atomic E-state index is 14.5. The summed E-state index contributed by atoms with van der Waals surface area (Å²) in [6.45, 7) is 13.4. The number of hydrogen-bond donors (Lipinski definition) is 2. The molecule has 330 valence electrons. The monoisotopic (exact) mass is 837 g/mol. The average Bonchev–Trinajstić information content (AvgIpc) is 3.67. The van der Waals surface area contributed by atoms with Crippen molar-refractivity contribution in [3.8, 4) is 5.69 Å². The number of esters is 1. The highest BCUT2D eigenvalue weighted by Gasteiger charge is 2.53. The molecule has 4 aliphatic rings. The predicted molar refractivity (Wildman–Crippen MR) is 220 cm³/mol. The maximum Gasteiger partial charge on any atom is 0.316 e. The lowest BCUT2D eigenvalue weighted by molar-refractivity contribution is -0.296. The molecule has 16 heteroatoms. The lowest BCUT2D eigenvalue weighted by Crippen LogP contribution is -2.60. The summed E-state index contributed by atoms with van der Waals surface area (Å²) in [6, 6.07) is 9.34. The summed E-state index contributed by atoms with van der Waals surface area (Å²) in [5.74, 6) is -5.50. The number of Topliss-reactive ketones (excluding diaryl/α,β-unsaturated/α-hetero) is 1. The van der Waals surface area contributed by atoms with Crippen molar-refractivity contribution in [2.75, 3.05) is 27.3 Å².